The second-order valence-electron chi connectivity index (χ2n) is 4.07. The molecule has 0 fully saturated rings. The fourth-order valence-electron chi connectivity index (χ4n) is 1.68. The summed E-state index contributed by atoms with van der Waals surface area (Å²) < 4.78 is 28.2. The van der Waals surface area contributed by atoms with Gasteiger partial charge in [-0.1, -0.05) is 6.07 Å². The fraction of sp³-hybridized carbons (Fsp3) is 0.167. The van der Waals surface area contributed by atoms with Gasteiger partial charge in [-0.3, -0.25) is 10.1 Å². The molecule has 2 aromatic rings. The van der Waals surface area contributed by atoms with Crippen molar-refractivity contribution in [2.75, 3.05) is 6.54 Å². The summed E-state index contributed by atoms with van der Waals surface area (Å²) in [6, 6.07) is 8.64. The van der Waals surface area contributed by atoms with E-state index in [1.807, 2.05) is 29.1 Å². The van der Waals surface area contributed by atoms with E-state index in [0.29, 0.717) is 6.54 Å². The number of nitro benzene ring substituents is 1. The number of hydrogen-bond donors (Lipinski definition) is 1. The molecule has 0 radical (unpaired) electrons. The fourth-order valence-corrected chi connectivity index (χ4v) is 2.74. The van der Waals surface area contributed by atoms with Crippen LogP contribution in [0.25, 0.3) is 0 Å². The largest absolute Gasteiger partial charge is 0.353 e. The lowest BCUT2D eigenvalue weighted by molar-refractivity contribution is -0.385. The number of benzene rings is 1. The van der Waals surface area contributed by atoms with Crippen molar-refractivity contribution in [2.45, 2.75) is 11.4 Å². The topological polar surface area (TPSA) is 94.2 Å². The van der Waals surface area contributed by atoms with Gasteiger partial charge < -0.3 is 4.57 Å². The smallest absolute Gasteiger partial charge is 0.270 e. The summed E-state index contributed by atoms with van der Waals surface area (Å²) in [7, 11) is -3.74. The number of aromatic nitrogens is 1. The number of nitrogens with zero attached hydrogens (tertiary/aromatic N) is 2. The Balaban J connectivity index is 2.06. The Morgan fingerprint density at radius 3 is 2.55 bits per heavy atom. The Kier molecular flexibility index (Phi) is 4.16. The molecule has 0 aliphatic carbocycles. The molecule has 2 rings (SSSR count). The second kappa shape index (κ2) is 5.85. The highest BCUT2D eigenvalue weighted by Crippen LogP contribution is 2.16. The van der Waals surface area contributed by atoms with Crippen molar-refractivity contribution in [1.82, 2.24) is 9.29 Å². The maximum Gasteiger partial charge on any atom is 0.270 e. The summed E-state index contributed by atoms with van der Waals surface area (Å²) in [5.41, 5.74) is -0.252. The number of nitrogens with one attached hydrogen (secondary N) is 1. The van der Waals surface area contributed by atoms with E-state index >= 15 is 0 Å². The van der Waals surface area contributed by atoms with Gasteiger partial charge in [-0.25, -0.2) is 13.1 Å². The molecule has 1 heterocycles. The summed E-state index contributed by atoms with van der Waals surface area (Å²) >= 11 is 0. The summed E-state index contributed by atoms with van der Waals surface area (Å²) in [5.74, 6) is 0. The van der Waals surface area contributed by atoms with Gasteiger partial charge in [0.05, 0.1) is 9.82 Å². The predicted molar refractivity (Wildman–Crippen MR) is 72.7 cm³/mol. The Morgan fingerprint density at radius 1 is 1.20 bits per heavy atom. The molecule has 0 saturated carbocycles. The van der Waals surface area contributed by atoms with Gasteiger partial charge >= 0.3 is 0 Å². The molecule has 7 nitrogen and oxygen atoms in total. The van der Waals surface area contributed by atoms with Crippen LogP contribution in [0.5, 0.6) is 0 Å². The van der Waals surface area contributed by atoms with Crippen molar-refractivity contribution in [3.8, 4) is 0 Å². The van der Waals surface area contributed by atoms with Gasteiger partial charge in [-0.2, -0.15) is 0 Å². The molecular weight excluding hydrogens is 282 g/mol. The highest BCUT2D eigenvalue weighted by molar-refractivity contribution is 7.89. The maximum atomic E-state index is 12.0. The van der Waals surface area contributed by atoms with Gasteiger partial charge in [-0.05, 0) is 18.2 Å². The number of hydrogen-bond acceptors (Lipinski definition) is 4. The first-order chi connectivity index (χ1) is 9.49. The lowest BCUT2D eigenvalue weighted by atomic mass is 10.3. The van der Waals surface area contributed by atoms with Crippen molar-refractivity contribution < 1.29 is 13.3 Å². The van der Waals surface area contributed by atoms with Crippen molar-refractivity contribution in [3.63, 3.8) is 0 Å². The van der Waals surface area contributed by atoms with Crippen molar-refractivity contribution in [3.05, 3.63) is 58.9 Å². The van der Waals surface area contributed by atoms with Crippen LogP contribution in [0, 0.1) is 10.1 Å². The van der Waals surface area contributed by atoms with Crippen molar-refractivity contribution in [2.24, 2.45) is 0 Å². The third-order valence-electron chi connectivity index (χ3n) is 2.67. The van der Waals surface area contributed by atoms with E-state index in [4.69, 9.17) is 0 Å². The second-order valence-corrected chi connectivity index (χ2v) is 5.84. The van der Waals surface area contributed by atoms with Crippen LogP contribution >= 0.6 is 0 Å². The predicted octanol–water partition coefficient (Wildman–Crippen LogP) is 1.37. The molecule has 0 atom stereocenters. The van der Waals surface area contributed by atoms with Crippen LogP contribution < -0.4 is 4.72 Å². The quantitative estimate of drug-likeness (QED) is 0.643. The first-order valence-corrected chi connectivity index (χ1v) is 7.32. The highest BCUT2D eigenvalue weighted by Gasteiger charge is 2.16. The molecule has 0 bridgehead atoms. The first kappa shape index (κ1) is 14.2. The number of nitro groups is 1. The summed E-state index contributed by atoms with van der Waals surface area (Å²) in [4.78, 5) is 9.90. The third kappa shape index (κ3) is 3.43. The van der Waals surface area contributed by atoms with Crippen LogP contribution in [0.15, 0.2) is 53.7 Å². The number of non-ortho nitro benzene ring substituents is 1. The lowest BCUT2D eigenvalue weighted by Gasteiger charge is -2.07. The Hall–Kier alpha value is -2.19. The van der Waals surface area contributed by atoms with Crippen LogP contribution in [0.1, 0.15) is 0 Å². The molecule has 1 aromatic heterocycles. The van der Waals surface area contributed by atoms with E-state index < -0.39 is 14.9 Å². The monoisotopic (exact) mass is 295 g/mol. The van der Waals surface area contributed by atoms with Crippen molar-refractivity contribution in [1.29, 1.82) is 0 Å². The molecule has 20 heavy (non-hydrogen) atoms. The average Bonchev–Trinajstić information content (AvgIpc) is 2.92. The molecule has 0 aliphatic heterocycles. The van der Waals surface area contributed by atoms with Crippen molar-refractivity contribution >= 4 is 15.7 Å². The summed E-state index contributed by atoms with van der Waals surface area (Å²) in [6.45, 7) is 0.695. The minimum absolute atomic E-state index is 0.112. The normalized spacial score (nSPS) is 11.4. The Morgan fingerprint density at radius 2 is 1.90 bits per heavy atom. The molecule has 106 valence electrons. The van der Waals surface area contributed by atoms with Crippen LogP contribution in [-0.2, 0) is 16.6 Å². The van der Waals surface area contributed by atoms with Gasteiger partial charge in [0, 0.05) is 37.6 Å². The highest BCUT2D eigenvalue weighted by atomic mass is 32.2. The third-order valence-corrected chi connectivity index (χ3v) is 4.13. The zero-order chi connectivity index (χ0) is 14.6. The zero-order valence-electron chi connectivity index (χ0n) is 10.5. The molecule has 0 amide bonds. The Labute approximate surface area is 116 Å². The van der Waals surface area contributed by atoms with E-state index in [1.165, 1.54) is 18.2 Å². The van der Waals surface area contributed by atoms with Crippen LogP contribution in [0.3, 0.4) is 0 Å². The average molecular weight is 295 g/mol. The molecule has 8 heteroatoms. The number of sulfonamides is 1. The zero-order valence-corrected chi connectivity index (χ0v) is 11.3. The minimum atomic E-state index is -3.74. The van der Waals surface area contributed by atoms with Crippen LogP contribution in [0.2, 0.25) is 0 Å². The number of rotatable bonds is 6. The van der Waals surface area contributed by atoms with Gasteiger partial charge in [0.25, 0.3) is 5.69 Å². The Bertz CT molecular complexity index is 695. The SMILES string of the molecule is O=[N+]([O-])c1cccc(S(=O)(=O)NCCn2cccc2)c1. The minimum Gasteiger partial charge on any atom is -0.353 e. The van der Waals surface area contributed by atoms with E-state index in [0.717, 1.165) is 6.07 Å². The standard InChI is InChI=1S/C12H13N3O4S/c16-15(17)11-4-3-5-12(10-11)20(18,19)13-6-9-14-7-1-2-8-14/h1-5,7-8,10,13H,6,9H2. The molecule has 0 saturated heterocycles. The molecule has 1 aromatic carbocycles. The van der Waals surface area contributed by atoms with Gasteiger partial charge in [0.2, 0.25) is 10.0 Å². The molecule has 0 aliphatic rings. The molecular formula is C12H13N3O4S. The summed E-state index contributed by atoms with van der Waals surface area (Å²) in [5, 5.41) is 10.6. The molecule has 1 N–H and O–H groups in total. The van der Waals surface area contributed by atoms with Gasteiger partial charge in [0.1, 0.15) is 0 Å². The molecule has 0 spiro atoms. The van der Waals surface area contributed by atoms with E-state index in [2.05, 4.69) is 4.72 Å². The summed E-state index contributed by atoms with van der Waals surface area (Å²) in [6.07, 6.45) is 3.64. The van der Waals surface area contributed by atoms with Crippen LogP contribution in [-0.4, -0.2) is 24.5 Å². The first-order valence-electron chi connectivity index (χ1n) is 5.84. The van der Waals surface area contributed by atoms with Gasteiger partial charge in [-0.15, -0.1) is 0 Å². The molecule has 0 unspecified atom stereocenters. The van der Waals surface area contributed by atoms with E-state index in [-0.39, 0.29) is 17.1 Å². The van der Waals surface area contributed by atoms with Gasteiger partial charge in [0.15, 0.2) is 0 Å². The van der Waals surface area contributed by atoms with E-state index in [1.54, 1.807) is 0 Å². The van der Waals surface area contributed by atoms with Crippen LogP contribution in [0.4, 0.5) is 5.69 Å². The van der Waals surface area contributed by atoms with E-state index in [9.17, 15) is 18.5 Å². The maximum absolute atomic E-state index is 12.0. The lowest BCUT2D eigenvalue weighted by Crippen LogP contribution is -2.27.